The third-order valence-corrected chi connectivity index (χ3v) is 6.65. The van der Waals surface area contributed by atoms with Crippen molar-refractivity contribution in [2.75, 3.05) is 36.4 Å². The molecule has 1 aliphatic heterocycles. The molecule has 1 fully saturated rings. The van der Waals surface area contributed by atoms with Gasteiger partial charge in [-0.15, -0.1) is 0 Å². The highest BCUT2D eigenvalue weighted by atomic mass is 19.4. The summed E-state index contributed by atoms with van der Waals surface area (Å²) in [6.07, 6.45) is -2.78. The number of nitrogens with one attached hydrogen (secondary N) is 1. The Morgan fingerprint density at radius 2 is 1.50 bits per heavy atom. The molecule has 1 aliphatic rings. The van der Waals surface area contributed by atoms with Gasteiger partial charge in [0.1, 0.15) is 5.82 Å². The number of amides is 1. The number of hydrogen-bond donors (Lipinski definition) is 1. The fourth-order valence-electron chi connectivity index (χ4n) is 4.59. The molecule has 1 amide bonds. The van der Waals surface area contributed by atoms with Gasteiger partial charge in [-0.25, -0.2) is 4.98 Å². The van der Waals surface area contributed by atoms with E-state index in [2.05, 4.69) is 44.4 Å². The number of rotatable bonds is 6. The molecule has 2 heterocycles. The molecule has 0 aliphatic carbocycles. The number of benzene rings is 3. The van der Waals surface area contributed by atoms with Crippen LogP contribution in [0.1, 0.15) is 21.5 Å². The van der Waals surface area contributed by atoms with Crippen molar-refractivity contribution in [3.05, 3.63) is 114 Å². The molecule has 5 rings (SSSR count). The zero-order valence-corrected chi connectivity index (χ0v) is 20.7. The van der Waals surface area contributed by atoms with Crippen LogP contribution in [0.15, 0.2) is 97.2 Å². The smallest absolute Gasteiger partial charge is 0.354 e. The lowest BCUT2D eigenvalue weighted by molar-refractivity contribution is -0.137. The van der Waals surface area contributed by atoms with E-state index in [1.165, 1.54) is 17.7 Å². The fourth-order valence-corrected chi connectivity index (χ4v) is 4.59. The standard InChI is InChI=1S/C30H27F3N4O/c31-30(32,33)24-12-10-23(11-13-24)26-8-4-5-9-27(26)29(38)35-25-14-15-28(34-20-25)37-18-16-36(17-19-37)21-22-6-2-1-3-7-22/h1-15,20H,16-19,21H2,(H,35,38). The monoisotopic (exact) mass is 516 g/mol. The summed E-state index contributed by atoms with van der Waals surface area (Å²) < 4.78 is 38.8. The molecular weight excluding hydrogens is 489 g/mol. The van der Waals surface area contributed by atoms with Gasteiger partial charge in [-0.3, -0.25) is 9.69 Å². The Morgan fingerprint density at radius 1 is 0.816 bits per heavy atom. The van der Waals surface area contributed by atoms with E-state index in [0.29, 0.717) is 22.4 Å². The Hall–Kier alpha value is -4.17. The molecule has 5 nitrogen and oxygen atoms in total. The largest absolute Gasteiger partial charge is 0.416 e. The summed E-state index contributed by atoms with van der Waals surface area (Å²) >= 11 is 0. The van der Waals surface area contributed by atoms with Gasteiger partial charge in [-0.1, -0.05) is 60.7 Å². The van der Waals surface area contributed by atoms with Crippen LogP contribution >= 0.6 is 0 Å². The van der Waals surface area contributed by atoms with Crippen molar-refractivity contribution in [1.82, 2.24) is 9.88 Å². The molecule has 38 heavy (non-hydrogen) atoms. The van der Waals surface area contributed by atoms with Crippen LogP contribution in [0.4, 0.5) is 24.7 Å². The molecule has 0 saturated carbocycles. The number of nitrogens with zero attached hydrogens (tertiary/aromatic N) is 3. The maximum Gasteiger partial charge on any atom is 0.416 e. The minimum absolute atomic E-state index is 0.357. The van der Waals surface area contributed by atoms with Gasteiger partial charge < -0.3 is 10.2 Å². The molecule has 0 unspecified atom stereocenters. The molecule has 8 heteroatoms. The van der Waals surface area contributed by atoms with E-state index in [1.54, 1.807) is 30.5 Å². The molecule has 1 aromatic heterocycles. The van der Waals surface area contributed by atoms with E-state index in [1.807, 2.05) is 18.2 Å². The molecule has 1 saturated heterocycles. The van der Waals surface area contributed by atoms with Crippen molar-refractivity contribution in [3.8, 4) is 11.1 Å². The second-order valence-electron chi connectivity index (χ2n) is 9.23. The van der Waals surface area contributed by atoms with Gasteiger partial charge in [0.15, 0.2) is 0 Å². The van der Waals surface area contributed by atoms with Crippen molar-refractivity contribution in [2.45, 2.75) is 12.7 Å². The summed E-state index contributed by atoms with van der Waals surface area (Å²) in [5.41, 5.74) is 2.57. The number of carbonyl (C=O) groups excluding carboxylic acids is 1. The fraction of sp³-hybridized carbons (Fsp3) is 0.200. The van der Waals surface area contributed by atoms with E-state index >= 15 is 0 Å². The minimum atomic E-state index is -4.41. The lowest BCUT2D eigenvalue weighted by Gasteiger charge is -2.35. The van der Waals surface area contributed by atoms with Crippen LogP contribution < -0.4 is 10.2 Å². The van der Waals surface area contributed by atoms with Crippen LogP contribution in [0.2, 0.25) is 0 Å². The first-order chi connectivity index (χ1) is 18.4. The zero-order valence-electron chi connectivity index (χ0n) is 20.7. The normalized spacial score (nSPS) is 14.3. The van der Waals surface area contributed by atoms with Gasteiger partial charge in [-0.2, -0.15) is 13.2 Å². The number of halogens is 3. The summed E-state index contributed by atoms with van der Waals surface area (Å²) in [6.45, 7) is 4.55. The highest BCUT2D eigenvalue weighted by molar-refractivity contribution is 6.08. The van der Waals surface area contributed by atoms with Crippen LogP contribution in [0.3, 0.4) is 0 Å². The lowest BCUT2D eigenvalue weighted by atomic mass is 9.98. The summed E-state index contributed by atoms with van der Waals surface area (Å²) in [4.78, 5) is 22.3. The second-order valence-corrected chi connectivity index (χ2v) is 9.23. The Balaban J connectivity index is 1.21. The maximum atomic E-state index is 13.1. The summed E-state index contributed by atoms with van der Waals surface area (Å²) in [5.74, 6) is 0.497. The molecule has 3 aromatic carbocycles. The topological polar surface area (TPSA) is 48.5 Å². The molecule has 1 N–H and O–H groups in total. The number of anilines is 2. The number of aromatic nitrogens is 1. The number of alkyl halides is 3. The Morgan fingerprint density at radius 3 is 2.16 bits per heavy atom. The third-order valence-electron chi connectivity index (χ3n) is 6.65. The lowest BCUT2D eigenvalue weighted by Crippen LogP contribution is -2.46. The van der Waals surface area contributed by atoms with Crippen LogP contribution in [-0.2, 0) is 12.7 Å². The van der Waals surface area contributed by atoms with E-state index in [9.17, 15) is 18.0 Å². The summed E-state index contributed by atoms with van der Waals surface area (Å²) in [6, 6.07) is 25.8. The first kappa shape index (κ1) is 25.5. The molecule has 194 valence electrons. The molecule has 0 radical (unpaired) electrons. The van der Waals surface area contributed by atoms with E-state index in [0.717, 1.165) is 50.7 Å². The van der Waals surface area contributed by atoms with Crippen LogP contribution in [0.25, 0.3) is 11.1 Å². The van der Waals surface area contributed by atoms with Gasteiger partial charge in [0.25, 0.3) is 5.91 Å². The van der Waals surface area contributed by atoms with E-state index in [-0.39, 0.29) is 5.91 Å². The average molecular weight is 517 g/mol. The summed E-state index contributed by atoms with van der Waals surface area (Å²) in [5, 5.41) is 2.86. The van der Waals surface area contributed by atoms with Gasteiger partial charge in [-0.05, 0) is 47.0 Å². The highest BCUT2D eigenvalue weighted by Crippen LogP contribution is 2.32. The quantitative estimate of drug-likeness (QED) is 0.325. The predicted octanol–water partition coefficient (Wildman–Crippen LogP) is 6.34. The van der Waals surface area contributed by atoms with E-state index in [4.69, 9.17) is 0 Å². The van der Waals surface area contributed by atoms with Gasteiger partial charge >= 0.3 is 6.18 Å². The number of pyridine rings is 1. The van der Waals surface area contributed by atoms with Crippen LogP contribution in [0, 0.1) is 0 Å². The Bertz CT molecular complexity index is 1370. The Labute approximate surface area is 219 Å². The van der Waals surface area contributed by atoms with Gasteiger partial charge in [0, 0.05) is 38.3 Å². The first-order valence-electron chi connectivity index (χ1n) is 12.4. The summed E-state index contributed by atoms with van der Waals surface area (Å²) in [7, 11) is 0. The van der Waals surface area contributed by atoms with Crippen molar-refractivity contribution in [2.24, 2.45) is 0 Å². The van der Waals surface area contributed by atoms with Crippen molar-refractivity contribution >= 4 is 17.4 Å². The number of carbonyl (C=O) groups is 1. The van der Waals surface area contributed by atoms with Crippen LogP contribution in [-0.4, -0.2) is 42.0 Å². The number of hydrogen-bond acceptors (Lipinski definition) is 4. The number of piperazine rings is 1. The molecule has 0 atom stereocenters. The molecule has 0 bridgehead atoms. The zero-order chi connectivity index (χ0) is 26.5. The highest BCUT2D eigenvalue weighted by Gasteiger charge is 2.30. The molecule has 4 aromatic rings. The third kappa shape index (κ3) is 6.03. The van der Waals surface area contributed by atoms with Crippen molar-refractivity contribution in [1.29, 1.82) is 0 Å². The molecular formula is C30H27F3N4O. The minimum Gasteiger partial charge on any atom is -0.354 e. The SMILES string of the molecule is O=C(Nc1ccc(N2CCN(Cc3ccccc3)CC2)nc1)c1ccccc1-c1ccc(C(F)(F)F)cc1. The molecule has 0 spiro atoms. The maximum absolute atomic E-state index is 13.1. The second kappa shape index (κ2) is 11.1. The van der Waals surface area contributed by atoms with Gasteiger partial charge in [0.05, 0.1) is 17.4 Å². The Kier molecular flexibility index (Phi) is 7.42. The first-order valence-corrected chi connectivity index (χ1v) is 12.4. The van der Waals surface area contributed by atoms with Crippen molar-refractivity contribution in [3.63, 3.8) is 0 Å². The van der Waals surface area contributed by atoms with Crippen LogP contribution in [0.5, 0.6) is 0 Å². The van der Waals surface area contributed by atoms with E-state index < -0.39 is 11.7 Å². The average Bonchev–Trinajstić information content (AvgIpc) is 2.94. The van der Waals surface area contributed by atoms with Gasteiger partial charge in [0.2, 0.25) is 0 Å². The predicted molar refractivity (Wildman–Crippen MR) is 143 cm³/mol. The van der Waals surface area contributed by atoms with Crippen molar-refractivity contribution < 1.29 is 18.0 Å².